The first-order chi connectivity index (χ1) is 16.7. The summed E-state index contributed by atoms with van der Waals surface area (Å²) in [4.78, 5) is 4.42. The molecule has 2 bridgehead atoms. The molecule has 0 spiro atoms. The minimum absolute atomic E-state index is 0.00283. The van der Waals surface area contributed by atoms with Crippen LogP contribution in [-0.2, 0) is 25.4 Å². The van der Waals surface area contributed by atoms with E-state index in [9.17, 15) is 9.50 Å². The van der Waals surface area contributed by atoms with Gasteiger partial charge in [-0.1, -0.05) is 11.6 Å². The lowest BCUT2D eigenvalue weighted by Gasteiger charge is -2.28. The highest BCUT2D eigenvalue weighted by Crippen LogP contribution is 2.44. The Balaban J connectivity index is 1.88. The molecule has 3 aromatic heterocycles. The van der Waals surface area contributed by atoms with Crippen LogP contribution in [0.4, 0.5) is 10.2 Å². The normalized spacial score (nSPS) is 14.1. The van der Waals surface area contributed by atoms with Gasteiger partial charge in [-0.05, 0) is 42.0 Å². The molecule has 12 heteroatoms. The van der Waals surface area contributed by atoms with Gasteiger partial charge in [0.2, 0.25) is 0 Å². The number of pyridine rings is 1. The van der Waals surface area contributed by atoms with Gasteiger partial charge in [-0.25, -0.2) is 9.37 Å². The van der Waals surface area contributed by atoms with Gasteiger partial charge in [0.15, 0.2) is 16.7 Å². The smallest absolute Gasteiger partial charge is 0.170 e. The Labute approximate surface area is 208 Å². The van der Waals surface area contributed by atoms with Crippen molar-refractivity contribution in [2.75, 3.05) is 12.0 Å². The molecule has 0 saturated heterocycles. The summed E-state index contributed by atoms with van der Waals surface area (Å²) in [6.07, 6.45) is 3.31. The Kier molecular flexibility index (Phi) is 5.85. The van der Waals surface area contributed by atoms with Crippen LogP contribution < -0.4 is 10.1 Å². The number of aryl methyl sites for hydroxylation is 2. The number of aromatic nitrogens is 5. The van der Waals surface area contributed by atoms with Gasteiger partial charge in [-0.15, -0.1) is 0 Å². The molecule has 5 rings (SSSR count). The molecular weight excluding hydrogens is 468 g/mol. The quantitative estimate of drug-likeness (QED) is 0.341. The Hall–Kier alpha value is -3.30. The summed E-state index contributed by atoms with van der Waals surface area (Å²) in [5, 5.41) is 19.8. The van der Waals surface area contributed by atoms with Gasteiger partial charge in [-0.2, -0.15) is 10.2 Å². The Morgan fingerprint density at radius 2 is 2.09 bits per heavy atom. The SMILES string of the molecule is [B]C1([B])c2cn(C)nc2-c2ccc(F)cc2COc2cc(cnc2NCO)-c2c1c(Cl)nn2CC. The lowest BCUT2D eigenvalue weighted by Crippen LogP contribution is -2.30. The van der Waals surface area contributed by atoms with E-state index in [4.69, 9.17) is 32.0 Å². The molecule has 0 atom stereocenters. The Morgan fingerprint density at radius 1 is 1.29 bits per heavy atom. The number of halogens is 2. The maximum Gasteiger partial charge on any atom is 0.170 e. The van der Waals surface area contributed by atoms with E-state index < -0.39 is 11.0 Å². The molecule has 174 valence electrons. The number of hydrogen-bond acceptors (Lipinski definition) is 6. The first-order valence-corrected chi connectivity index (χ1v) is 11.3. The van der Waals surface area contributed by atoms with Crippen molar-refractivity contribution in [1.82, 2.24) is 24.5 Å². The van der Waals surface area contributed by atoms with Crippen molar-refractivity contribution < 1.29 is 14.2 Å². The highest BCUT2D eigenvalue weighted by atomic mass is 35.5. The van der Waals surface area contributed by atoms with Crippen LogP contribution in [-0.4, -0.2) is 52.1 Å². The van der Waals surface area contributed by atoms with Crippen LogP contribution in [0.15, 0.2) is 36.7 Å². The Morgan fingerprint density at radius 3 is 2.83 bits per heavy atom. The van der Waals surface area contributed by atoms with Crippen molar-refractivity contribution in [3.63, 3.8) is 0 Å². The molecule has 8 nitrogen and oxygen atoms in total. The maximum absolute atomic E-state index is 14.3. The molecule has 2 N–H and O–H groups in total. The number of nitrogens with zero attached hydrogens (tertiary/aromatic N) is 5. The molecule has 0 aliphatic carbocycles. The van der Waals surface area contributed by atoms with Crippen LogP contribution in [0, 0.1) is 5.82 Å². The fraction of sp³-hybridized carbons (Fsp3) is 0.261. The van der Waals surface area contributed by atoms with Gasteiger partial charge in [0.05, 0.1) is 27.1 Å². The molecule has 1 aliphatic rings. The van der Waals surface area contributed by atoms with E-state index >= 15 is 0 Å². The number of anilines is 1. The number of aliphatic hydroxyl groups excluding tert-OH is 1. The summed E-state index contributed by atoms with van der Waals surface area (Å²) in [7, 11) is 15.4. The zero-order chi connectivity index (χ0) is 24.9. The number of hydrogen-bond donors (Lipinski definition) is 2. The Bertz CT molecular complexity index is 1440. The number of benzene rings is 1. The number of nitrogens with one attached hydrogen (secondary N) is 1. The molecule has 0 fully saturated rings. The third-order valence-electron chi connectivity index (χ3n) is 5.98. The molecule has 0 amide bonds. The maximum atomic E-state index is 14.3. The monoisotopic (exact) mass is 488 g/mol. The first kappa shape index (κ1) is 23.4. The molecule has 4 aromatic rings. The minimum Gasteiger partial charge on any atom is -0.485 e. The van der Waals surface area contributed by atoms with Crippen LogP contribution >= 0.6 is 11.6 Å². The topological polar surface area (TPSA) is 90.0 Å². The predicted molar refractivity (Wildman–Crippen MR) is 132 cm³/mol. The molecule has 35 heavy (non-hydrogen) atoms. The van der Waals surface area contributed by atoms with Crippen molar-refractivity contribution in [3.8, 4) is 28.3 Å². The van der Waals surface area contributed by atoms with Gasteiger partial charge < -0.3 is 15.2 Å². The highest BCUT2D eigenvalue weighted by Gasteiger charge is 2.36. The summed E-state index contributed by atoms with van der Waals surface area (Å²) in [5.41, 5.74) is 3.64. The van der Waals surface area contributed by atoms with Crippen molar-refractivity contribution in [2.45, 2.75) is 25.3 Å². The standard InChI is InChI=1S/C23H20B2ClFN6O2/c1-3-33-20-12-7-17(22(28-8-12)29-11-34)35-10-13-6-14(27)4-5-15(13)19-16(9-32(2)30-19)23(24,25)18(20)21(26)31-33/h4-9,34H,3,10-11H2,1-2H3,(H,28,29). The second kappa shape index (κ2) is 8.73. The highest BCUT2D eigenvalue weighted by molar-refractivity contribution is 6.45. The van der Waals surface area contributed by atoms with Crippen molar-refractivity contribution in [2.24, 2.45) is 7.05 Å². The molecule has 0 saturated carbocycles. The van der Waals surface area contributed by atoms with E-state index in [1.807, 2.05) is 6.92 Å². The average molecular weight is 489 g/mol. The number of rotatable bonds is 3. The lowest BCUT2D eigenvalue weighted by atomic mass is 9.47. The number of fused-ring (bicyclic) bond motifs is 7. The molecule has 4 heterocycles. The summed E-state index contributed by atoms with van der Waals surface area (Å²) < 4.78 is 23.7. The van der Waals surface area contributed by atoms with Crippen LogP contribution in [0.3, 0.4) is 0 Å². The molecular formula is C23H20B2ClFN6O2. The summed E-state index contributed by atoms with van der Waals surface area (Å²) in [6.45, 7) is 2.04. The molecule has 1 aliphatic heterocycles. The molecule has 4 radical (unpaired) electrons. The van der Waals surface area contributed by atoms with E-state index in [2.05, 4.69) is 20.5 Å². The van der Waals surface area contributed by atoms with Gasteiger partial charge in [0.1, 0.15) is 19.2 Å². The van der Waals surface area contributed by atoms with Crippen molar-refractivity contribution in [1.29, 1.82) is 0 Å². The fourth-order valence-corrected chi connectivity index (χ4v) is 4.74. The minimum atomic E-state index is -1.61. The largest absolute Gasteiger partial charge is 0.485 e. The summed E-state index contributed by atoms with van der Waals surface area (Å²) in [6, 6.07) is 6.06. The van der Waals surface area contributed by atoms with Gasteiger partial charge in [0.25, 0.3) is 0 Å². The summed E-state index contributed by atoms with van der Waals surface area (Å²) in [5.74, 6) is 0.213. The van der Waals surface area contributed by atoms with Gasteiger partial charge >= 0.3 is 0 Å². The zero-order valence-electron chi connectivity index (χ0n) is 19.1. The van der Waals surface area contributed by atoms with E-state index in [0.717, 1.165) is 0 Å². The van der Waals surface area contributed by atoms with Crippen molar-refractivity contribution >= 4 is 33.1 Å². The van der Waals surface area contributed by atoms with E-state index in [1.54, 1.807) is 40.9 Å². The lowest BCUT2D eigenvalue weighted by molar-refractivity contribution is 0.301. The number of aliphatic hydroxyl groups is 1. The fourth-order valence-electron chi connectivity index (χ4n) is 4.41. The third-order valence-corrected chi connectivity index (χ3v) is 6.24. The van der Waals surface area contributed by atoms with Crippen LogP contribution in [0.2, 0.25) is 5.15 Å². The molecule has 1 aromatic carbocycles. The van der Waals surface area contributed by atoms with Crippen LogP contribution in [0.1, 0.15) is 23.6 Å². The third kappa shape index (κ3) is 3.88. The van der Waals surface area contributed by atoms with Crippen LogP contribution in [0.25, 0.3) is 22.5 Å². The summed E-state index contributed by atoms with van der Waals surface area (Å²) >= 11 is 6.64. The predicted octanol–water partition coefficient (Wildman–Crippen LogP) is 2.95. The average Bonchev–Trinajstić information content (AvgIpc) is 3.38. The van der Waals surface area contributed by atoms with E-state index in [0.29, 0.717) is 57.3 Å². The van der Waals surface area contributed by atoms with Gasteiger partial charge in [0, 0.05) is 48.2 Å². The van der Waals surface area contributed by atoms with Gasteiger partial charge in [-0.3, -0.25) is 9.36 Å². The van der Waals surface area contributed by atoms with E-state index in [1.165, 1.54) is 12.1 Å². The number of ether oxygens (including phenoxy) is 1. The van der Waals surface area contributed by atoms with Crippen LogP contribution in [0.5, 0.6) is 5.75 Å². The second-order valence-corrected chi connectivity index (χ2v) is 8.62. The molecule has 0 unspecified atom stereocenters. The van der Waals surface area contributed by atoms with Crippen molar-refractivity contribution in [3.05, 3.63) is 64.3 Å². The zero-order valence-corrected chi connectivity index (χ0v) is 19.8. The first-order valence-electron chi connectivity index (χ1n) is 10.9. The second-order valence-electron chi connectivity index (χ2n) is 8.26. The van der Waals surface area contributed by atoms with E-state index in [-0.39, 0.29) is 18.5 Å².